The zero-order valence-electron chi connectivity index (χ0n) is 14.0. The van der Waals surface area contributed by atoms with Gasteiger partial charge in [0.15, 0.2) is 0 Å². The summed E-state index contributed by atoms with van der Waals surface area (Å²) in [5, 5.41) is 8.44. The predicted molar refractivity (Wildman–Crippen MR) is 104 cm³/mol. The van der Waals surface area contributed by atoms with Crippen molar-refractivity contribution in [3.63, 3.8) is 0 Å². The highest BCUT2D eigenvalue weighted by molar-refractivity contribution is 6.42. The van der Waals surface area contributed by atoms with Gasteiger partial charge in [0.2, 0.25) is 11.9 Å². The first-order valence-electron chi connectivity index (χ1n) is 7.93. The lowest BCUT2D eigenvalue weighted by atomic mass is 10.0. The summed E-state index contributed by atoms with van der Waals surface area (Å²) in [4.78, 5) is 4.24. The Labute approximate surface area is 156 Å². The summed E-state index contributed by atoms with van der Waals surface area (Å²) in [7, 11) is 0. The molecule has 0 aliphatic rings. The molecular formula is C18H19Cl2N5. The van der Waals surface area contributed by atoms with Crippen LogP contribution in [-0.4, -0.2) is 14.8 Å². The fraction of sp³-hybridized carbons (Fsp3) is 0.222. The Balaban J connectivity index is 1.74. The van der Waals surface area contributed by atoms with Crippen molar-refractivity contribution < 1.29 is 0 Å². The third kappa shape index (κ3) is 4.24. The van der Waals surface area contributed by atoms with Gasteiger partial charge in [0.1, 0.15) is 0 Å². The van der Waals surface area contributed by atoms with Crippen molar-refractivity contribution in [3.05, 3.63) is 63.6 Å². The molecule has 0 amide bonds. The Bertz CT molecular complexity index is 872. The van der Waals surface area contributed by atoms with E-state index < -0.39 is 0 Å². The fourth-order valence-corrected chi connectivity index (χ4v) is 2.71. The van der Waals surface area contributed by atoms with Crippen LogP contribution < -0.4 is 11.1 Å². The van der Waals surface area contributed by atoms with Crippen molar-refractivity contribution >= 4 is 40.8 Å². The quantitative estimate of drug-likeness (QED) is 0.651. The van der Waals surface area contributed by atoms with Crippen molar-refractivity contribution in [2.75, 3.05) is 11.1 Å². The third-order valence-electron chi connectivity index (χ3n) is 3.85. The molecule has 0 saturated heterocycles. The molecule has 7 heteroatoms. The van der Waals surface area contributed by atoms with Crippen molar-refractivity contribution in [1.29, 1.82) is 0 Å². The largest absolute Gasteiger partial charge is 0.368 e. The van der Waals surface area contributed by atoms with E-state index in [4.69, 9.17) is 28.9 Å². The molecule has 0 aliphatic heterocycles. The molecule has 130 valence electrons. The zero-order valence-corrected chi connectivity index (χ0v) is 15.5. The van der Waals surface area contributed by atoms with Crippen LogP contribution >= 0.6 is 23.2 Å². The SMILES string of the molecule is CC(C)c1ccc(Cn2nc(Nc3ccc(Cl)c(Cl)c3)nc2N)cc1. The van der Waals surface area contributed by atoms with Gasteiger partial charge in [-0.25, -0.2) is 4.68 Å². The highest BCUT2D eigenvalue weighted by atomic mass is 35.5. The minimum Gasteiger partial charge on any atom is -0.368 e. The maximum Gasteiger partial charge on any atom is 0.248 e. The van der Waals surface area contributed by atoms with E-state index in [-0.39, 0.29) is 0 Å². The first-order chi connectivity index (χ1) is 11.9. The molecule has 1 aromatic heterocycles. The predicted octanol–water partition coefficient (Wildman–Crippen LogP) is 5.08. The van der Waals surface area contributed by atoms with E-state index in [0.29, 0.717) is 34.4 Å². The summed E-state index contributed by atoms with van der Waals surface area (Å²) in [5.41, 5.74) is 9.14. The van der Waals surface area contributed by atoms with Crippen molar-refractivity contribution in [3.8, 4) is 0 Å². The van der Waals surface area contributed by atoms with Crippen LogP contribution in [0.3, 0.4) is 0 Å². The molecule has 0 radical (unpaired) electrons. The first kappa shape index (κ1) is 17.6. The number of anilines is 3. The molecule has 25 heavy (non-hydrogen) atoms. The van der Waals surface area contributed by atoms with Crippen LogP contribution in [0.1, 0.15) is 30.9 Å². The van der Waals surface area contributed by atoms with Crippen LogP contribution in [0.4, 0.5) is 17.6 Å². The molecule has 5 nitrogen and oxygen atoms in total. The number of nitrogens with zero attached hydrogens (tertiary/aromatic N) is 3. The summed E-state index contributed by atoms with van der Waals surface area (Å²) >= 11 is 11.9. The molecule has 0 saturated carbocycles. The van der Waals surface area contributed by atoms with Gasteiger partial charge in [0.05, 0.1) is 16.6 Å². The second-order valence-electron chi connectivity index (χ2n) is 6.10. The summed E-state index contributed by atoms with van der Waals surface area (Å²) in [5.74, 6) is 1.26. The molecule has 2 aromatic carbocycles. The molecule has 0 spiro atoms. The van der Waals surface area contributed by atoms with Crippen LogP contribution in [-0.2, 0) is 6.54 Å². The Kier molecular flexibility index (Phi) is 5.16. The monoisotopic (exact) mass is 375 g/mol. The second-order valence-corrected chi connectivity index (χ2v) is 6.92. The lowest BCUT2D eigenvalue weighted by molar-refractivity contribution is 0.698. The van der Waals surface area contributed by atoms with E-state index in [9.17, 15) is 0 Å². The molecule has 0 unspecified atom stereocenters. The molecule has 3 rings (SSSR count). The Hall–Kier alpha value is -2.24. The lowest BCUT2D eigenvalue weighted by Gasteiger charge is -2.07. The van der Waals surface area contributed by atoms with Gasteiger partial charge >= 0.3 is 0 Å². The molecule has 0 bridgehead atoms. The average molecular weight is 376 g/mol. The van der Waals surface area contributed by atoms with Gasteiger partial charge in [0.25, 0.3) is 0 Å². The van der Waals surface area contributed by atoms with Crippen LogP contribution in [0.2, 0.25) is 10.0 Å². The number of hydrogen-bond donors (Lipinski definition) is 2. The van der Waals surface area contributed by atoms with E-state index in [1.807, 2.05) is 0 Å². The molecule has 3 N–H and O–H groups in total. The first-order valence-corrected chi connectivity index (χ1v) is 8.69. The highest BCUT2D eigenvalue weighted by Gasteiger charge is 2.09. The van der Waals surface area contributed by atoms with E-state index in [2.05, 4.69) is 53.5 Å². The Morgan fingerprint density at radius 3 is 2.44 bits per heavy atom. The number of halogens is 2. The summed E-state index contributed by atoms with van der Waals surface area (Å²) in [6.45, 7) is 4.90. The van der Waals surface area contributed by atoms with Gasteiger partial charge in [0, 0.05) is 5.69 Å². The van der Waals surface area contributed by atoms with Gasteiger partial charge < -0.3 is 11.1 Å². The normalized spacial score (nSPS) is 11.1. The molecule has 0 fully saturated rings. The van der Waals surface area contributed by atoms with Gasteiger partial charge in [-0.3, -0.25) is 0 Å². The van der Waals surface area contributed by atoms with Crippen LogP contribution in [0, 0.1) is 0 Å². The van der Waals surface area contributed by atoms with Gasteiger partial charge in [-0.2, -0.15) is 4.98 Å². The Morgan fingerprint density at radius 1 is 1.08 bits per heavy atom. The number of rotatable bonds is 5. The van der Waals surface area contributed by atoms with E-state index in [1.54, 1.807) is 22.9 Å². The maximum absolute atomic E-state index is 6.02. The number of nitrogens with one attached hydrogen (secondary N) is 1. The van der Waals surface area contributed by atoms with Crippen molar-refractivity contribution in [2.24, 2.45) is 0 Å². The molecule has 3 aromatic rings. The van der Waals surface area contributed by atoms with Gasteiger partial charge in [-0.05, 0) is 35.2 Å². The maximum atomic E-state index is 6.02. The highest BCUT2D eigenvalue weighted by Crippen LogP contribution is 2.26. The standard InChI is InChI=1S/C18H19Cl2N5/c1-11(2)13-5-3-12(4-6-13)10-25-17(21)23-18(24-25)22-14-7-8-15(19)16(20)9-14/h3-9,11H,10H2,1-2H3,(H3,21,22,23,24). The third-order valence-corrected chi connectivity index (χ3v) is 4.59. The Morgan fingerprint density at radius 2 is 1.80 bits per heavy atom. The second kappa shape index (κ2) is 7.33. The van der Waals surface area contributed by atoms with E-state index in [0.717, 1.165) is 11.3 Å². The number of hydrogen-bond acceptors (Lipinski definition) is 4. The number of nitrogen functional groups attached to an aromatic ring is 1. The van der Waals surface area contributed by atoms with Crippen LogP contribution in [0.5, 0.6) is 0 Å². The average Bonchev–Trinajstić information content (AvgIpc) is 2.91. The molecule has 0 atom stereocenters. The minimum atomic E-state index is 0.343. The lowest BCUT2D eigenvalue weighted by Crippen LogP contribution is -2.06. The fourth-order valence-electron chi connectivity index (χ4n) is 2.41. The summed E-state index contributed by atoms with van der Waals surface area (Å²) in [6, 6.07) is 13.7. The summed E-state index contributed by atoms with van der Waals surface area (Å²) in [6.07, 6.45) is 0. The zero-order chi connectivity index (χ0) is 18.0. The van der Waals surface area contributed by atoms with Crippen LogP contribution in [0.15, 0.2) is 42.5 Å². The van der Waals surface area contributed by atoms with Crippen molar-refractivity contribution in [1.82, 2.24) is 14.8 Å². The van der Waals surface area contributed by atoms with Crippen molar-refractivity contribution in [2.45, 2.75) is 26.3 Å². The van der Waals surface area contributed by atoms with Crippen LogP contribution in [0.25, 0.3) is 0 Å². The molecular weight excluding hydrogens is 357 g/mol. The topological polar surface area (TPSA) is 68.8 Å². The number of benzene rings is 2. The van der Waals surface area contributed by atoms with Gasteiger partial charge in [-0.15, -0.1) is 5.10 Å². The van der Waals surface area contributed by atoms with Gasteiger partial charge in [-0.1, -0.05) is 61.3 Å². The smallest absolute Gasteiger partial charge is 0.248 e. The molecule has 0 aliphatic carbocycles. The summed E-state index contributed by atoms with van der Waals surface area (Å²) < 4.78 is 1.66. The number of aromatic nitrogens is 3. The minimum absolute atomic E-state index is 0.343. The van der Waals surface area contributed by atoms with E-state index in [1.165, 1.54) is 5.56 Å². The molecule has 1 heterocycles. The number of nitrogens with two attached hydrogens (primary N) is 1. The van der Waals surface area contributed by atoms with E-state index >= 15 is 0 Å².